The molecule has 0 amide bonds. The molecule has 2 rings (SSSR count). The lowest BCUT2D eigenvalue weighted by Crippen LogP contribution is -2.11. The number of nitrogens with two attached hydrogens (primary N) is 1. The van der Waals surface area contributed by atoms with Gasteiger partial charge in [-0.05, 0) is 37.3 Å². The Labute approximate surface area is 130 Å². The van der Waals surface area contributed by atoms with E-state index in [0.717, 1.165) is 25.9 Å². The van der Waals surface area contributed by atoms with E-state index in [-0.39, 0.29) is 11.8 Å². The molecule has 1 atom stereocenters. The van der Waals surface area contributed by atoms with E-state index < -0.39 is 0 Å². The average Bonchev–Trinajstić information content (AvgIpc) is 2.49. The summed E-state index contributed by atoms with van der Waals surface area (Å²) in [6.07, 6.45) is 5.05. The molecule has 0 fully saturated rings. The lowest BCUT2D eigenvalue weighted by atomic mass is 9.95. The summed E-state index contributed by atoms with van der Waals surface area (Å²) in [4.78, 5) is 8.37. The molecule has 120 valence electrons. The molecule has 22 heavy (non-hydrogen) atoms. The molecule has 4 nitrogen and oxygen atoms in total. The Morgan fingerprint density at radius 3 is 2.82 bits per heavy atom. The molecule has 2 aromatic rings. The third-order valence-electron chi connectivity index (χ3n) is 3.92. The second-order valence-corrected chi connectivity index (χ2v) is 5.66. The Kier molecular flexibility index (Phi) is 6.07. The summed E-state index contributed by atoms with van der Waals surface area (Å²) in [6, 6.07) is 4.85. The third-order valence-corrected chi connectivity index (χ3v) is 3.92. The van der Waals surface area contributed by atoms with Crippen LogP contribution in [0.15, 0.2) is 18.2 Å². The summed E-state index contributed by atoms with van der Waals surface area (Å²) in [6.45, 7) is 2.90. The van der Waals surface area contributed by atoms with Gasteiger partial charge in [-0.3, -0.25) is 0 Å². The highest BCUT2D eigenvalue weighted by atomic mass is 19.1. The lowest BCUT2D eigenvalue weighted by Gasteiger charge is -2.16. The Balaban J connectivity index is 2.19. The number of fused-ring (bicyclic) bond motifs is 1. The zero-order chi connectivity index (χ0) is 15.9. The van der Waals surface area contributed by atoms with Gasteiger partial charge in [0.25, 0.3) is 0 Å². The van der Waals surface area contributed by atoms with E-state index in [0.29, 0.717) is 28.9 Å². The van der Waals surface area contributed by atoms with Crippen molar-refractivity contribution in [2.45, 2.75) is 39.0 Å². The predicted octanol–water partition coefficient (Wildman–Crippen LogP) is 3.74. The van der Waals surface area contributed by atoms with Crippen LogP contribution in [-0.2, 0) is 11.2 Å². The Hall–Kier alpha value is -1.75. The van der Waals surface area contributed by atoms with Gasteiger partial charge in [-0.15, -0.1) is 0 Å². The van der Waals surface area contributed by atoms with Gasteiger partial charge in [0.2, 0.25) is 5.95 Å². The average molecular weight is 305 g/mol. The van der Waals surface area contributed by atoms with Gasteiger partial charge >= 0.3 is 0 Å². The first-order valence-electron chi connectivity index (χ1n) is 7.85. The van der Waals surface area contributed by atoms with Crippen molar-refractivity contribution < 1.29 is 9.13 Å². The smallest absolute Gasteiger partial charge is 0.220 e. The number of nitrogens with zero attached hydrogens (tertiary/aromatic N) is 2. The molecule has 1 heterocycles. The third kappa shape index (κ3) is 4.13. The normalized spacial score (nSPS) is 12.7. The van der Waals surface area contributed by atoms with Gasteiger partial charge in [0.1, 0.15) is 5.82 Å². The summed E-state index contributed by atoms with van der Waals surface area (Å²) < 4.78 is 19.4. The number of aryl methyl sites for hydroxylation is 1. The highest BCUT2D eigenvalue weighted by Crippen LogP contribution is 2.23. The predicted molar refractivity (Wildman–Crippen MR) is 87.1 cm³/mol. The first-order valence-corrected chi connectivity index (χ1v) is 7.85. The topological polar surface area (TPSA) is 61.0 Å². The van der Waals surface area contributed by atoms with Crippen LogP contribution in [0.5, 0.6) is 0 Å². The fourth-order valence-corrected chi connectivity index (χ4v) is 2.80. The van der Waals surface area contributed by atoms with Crippen molar-refractivity contribution in [3.8, 4) is 0 Å². The molecule has 0 saturated carbocycles. The number of anilines is 1. The highest BCUT2D eigenvalue weighted by Gasteiger charge is 2.14. The number of rotatable bonds is 8. The van der Waals surface area contributed by atoms with Crippen LogP contribution in [0.1, 0.15) is 38.3 Å². The minimum atomic E-state index is -0.288. The summed E-state index contributed by atoms with van der Waals surface area (Å²) >= 11 is 0. The Morgan fingerprint density at radius 2 is 2.09 bits per heavy atom. The highest BCUT2D eigenvalue weighted by molar-refractivity contribution is 5.82. The molecule has 1 aromatic heterocycles. The molecule has 0 spiro atoms. The van der Waals surface area contributed by atoms with Crippen LogP contribution < -0.4 is 5.73 Å². The van der Waals surface area contributed by atoms with E-state index in [9.17, 15) is 4.39 Å². The molecule has 0 unspecified atom stereocenters. The van der Waals surface area contributed by atoms with Crippen LogP contribution in [0, 0.1) is 11.7 Å². The zero-order valence-electron chi connectivity index (χ0n) is 13.3. The van der Waals surface area contributed by atoms with Crippen molar-refractivity contribution in [3.05, 3.63) is 29.7 Å². The largest absolute Gasteiger partial charge is 0.384 e. The molecule has 5 heteroatoms. The number of unbranched alkanes of at least 4 members (excludes halogenated alkanes) is 1. The fraction of sp³-hybridized carbons (Fsp3) is 0.529. The molecule has 0 aliphatic heterocycles. The van der Waals surface area contributed by atoms with E-state index in [1.54, 1.807) is 19.2 Å². The SMILES string of the molecule is CCCC[C@@H](CCc1nc(N)nc2cccc(F)c12)COC. The van der Waals surface area contributed by atoms with Gasteiger partial charge in [-0.2, -0.15) is 0 Å². The number of halogens is 1. The maximum absolute atomic E-state index is 14.1. The summed E-state index contributed by atoms with van der Waals surface area (Å²) in [5, 5.41) is 0.489. The maximum atomic E-state index is 14.1. The standard InChI is InChI=1S/C17H24FN3O/c1-3-4-6-12(11-22-2)9-10-15-16-13(18)7-5-8-14(16)20-17(19)21-15/h5,7-8,12H,3-4,6,9-11H2,1-2H3,(H2,19,20,21)/t12-/m0/s1. The van der Waals surface area contributed by atoms with E-state index in [1.165, 1.54) is 12.5 Å². The fourth-order valence-electron chi connectivity index (χ4n) is 2.80. The minimum Gasteiger partial charge on any atom is -0.384 e. The monoisotopic (exact) mass is 305 g/mol. The zero-order valence-corrected chi connectivity index (χ0v) is 13.3. The van der Waals surface area contributed by atoms with Gasteiger partial charge in [-0.25, -0.2) is 14.4 Å². The van der Waals surface area contributed by atoms with E-state index >= 15 is 0 Å². The van der Waals surface area contributed by atoms with Crippen molar-refractivity contribution in [3.63, 3.8) is 0 Å². The molecule has 0 saturated heterocycles. The van der Waals surface area contributed by atoms with Crippen molar-refractivity contribution in [2.24, 2.45) is 5.92 Å². The number of aromatic nitrogens is 2. The van der Waals surface area contributed by atoms with Crippen LogP contribution in [0.4, 0.5) is 10.3 Å². The van der Waals surface area contributed by atoms with Crippen molar-refractivity contribution in [2.75, 3.05) is 19.5 Å². The number of ether oxygens (including phenoxy) is 1. The molecule has 0 aliphatic rings. The first kappa shape index (κ1) is 16.6. The number of methoxy groups -OCH3 is 1. The molecular weight excluding hydrogens is 281 g/mol. The second-order valence-electron chi connectivity index (χ2n) is 5.66. The number of hydrogen-bond acceptors (Lipinski definition) is 4. The van der Waals surface area contributed by atoms with Gasteiger partial charge in [0, 0.05) is 13.7 Å². The van der Waals surface area contributed by atoms with Gasteiger partial charge in [-0.1, -0.05) is 25.8 Å². The van der Waals surface area contributed by atoms with Crippen LogP contribution in [0.2, 0.25) is 0 Å². The molecule has 0 aliphatic carbocycles. The summed E-state index contributed by atoms with van der Waals surface area (Å²) in [5.41, 5.74) is 7.01. The number of nitrogen functional groups attached to an aromatic ring is 1. The molecule has 2 N–H and O–H groups in total. The van der Waals surface area contributed by atoms with Crippen LogP contribution in [0.25, 0.3) is 10.9 Å². The van der Waals surface area contributed by atoms with Gasteiger partial charge in [0.15, 0.2) is 0 Å². The second kappa shape index (κ2) is 8.03. The molecule has 0 radical (unpaired) electrons. The summed E-state index contributed by atoms with van der Waals surface area (Å²) in [5.74, 6) is 0.372. The van der Waals surface area contributed by atoms with E-state index in [4.69, 9.17) is 10.5 Å². The minimum absolute atomic E-state index is 0.199. The quantitative estimate of drug-likeness (QED) is 0.807. The van der Waals surface area contributed by atoms with Gasteiger partial charge < -0.3 is 10.5 Å². The van der Waals surface area contributed by atoms with Crippen molar-refractivity contribution >= 4 is 16.9 Å². The molecular formula is C17H24FN3O. The Morgan fingerprint density at radius 1 is 1.27 bits per heavy atom. The van der Waals surface area contributed by atoms with E-state index in [1.807, 2.05) is 0 Å². The Bertz CT molecular complexity index is 618. The first-order chi connectivity index (χ1) is 10.7. The molecule has 0 bridgehead atoms. The van der Waals surface area contributed by atoms with Crippen LogP contribution in [-0.4, -0.2) is 23.7 Å². The van der Waals surface area contributed by atoms with Crippen LogP contribution in [0.3, 0.4) is 0 Å². The van der Waals surface area contributed by atoms with Gasteiger partial charge in [0.05, 0.1) is 16.6 Å². The van der Waals surface area contributed by atoms with Crippen LogP contribution >= 0.6 is 0 Å². The lowest BCUT2D eigenvalue weighted by molar-refractivity contribution is 0.142. The van der Waals surface area contributed by atoms with Crippen molar-refractivity contribution in [1.82, 2.24) is 9.97 Å². The maximum Gasteiger partial charge on any atom is 0.220 e. The van der Waals surface area contributed by atoms with E-state index in [2.05, 4.69) is 16.9 Å². The number of benzene rings is 1. The number of hydrogen-bond donors (Lipinski definition) is 1. The van der Waals surface area contributed by atoms with Crippen molar-refractivity contribution in [1.29, 1.82) is 0 Å². The molecule has 1 aromatic carbocycles. The summed E-state index contributed by atoms with van der Waals surface area (Å²) in [7, 11) is 1.72.